The molecule has 0 saturated carbocycles. The second-order valence-electron chi connectivity index (χ2n) is 5.11. The van der Waals surface area contributed by atoms with Crippen molar-refractivity contribution in [2.24, 2.45) is 0 Å². The maximum absolute atomic E-state index is 10.5. The predicted octanol–water partition coefficient (Wildman–Crippen LogP) is 4.12. The molecule has 2 aromatic carbocycles. The molecule has 3 nitrogen and oxygen atoms in total. The number of aromatic nitrogens is 2. The number of nitrogens with zero attached hydrogens (tertiary/aromatic N) is 2. The van der Waals surface area contributed by atoms with E-state index in [0.717, 1.165) is 23.4 Å². The summed E-state index contributed by atoms with van der Waals surface area (Å²) in [7, 11) is 0. The molecule has 0 radical (unpaired) electrons. The van der Waals surface area contributed by atoms with Crippen LogP contribution in [0.15, 0.2) is 54.6 Å². The average Bonchev–Trinajstić information content (AvgIpc) is 2.85. The van der Waals surface area contributed by atoms with E-state index in [0.29, 0.717) is 5.69 Å². The van der Waals surface area contributed by atoms with Crippen LogP contribution in [0.25, 0.3) is 16.9 Å². The van der Waals surface area contributed by atoms with E-state index in [1.165, 1.54) is 5.56 Å². The summed E-state index contributed by atoms with van der Waals surface area (Å²) >= 11 is 0. The van der Waals surface area contributed by atoms with Crippen molar-refractivity contribution in [2.45, 2.75) is 20.3 Å². The molecule has 0 atom stereocenters. The highest BCUT2D eigenvalue weighted by atomic mass is 16.3. The van der Waals surface area contributed by atoms with Gasteiger partial charge in [-0.3, -0.25) is 0 Å². The summed E-state index contributed by atoms with van der Waals surface area (Å²) in [5, 5.41) is 15.1. The molecule has 1 aromatic heterocycles. The van der Waals surface area contributed by atoms with Crippen molar-refractivity contribution in [1.29, 1.82) is 0 Å². The number of aryl methyl sites for hydroxylation is 1. The molecule has 21 heavy (non-hydrogen) atoms. The highest BCUT2D eigenvalue weighted by molar-refractivity contribution is 5.68. The summed E-state index contributed by atoms with van der Waals surface area (Å²) < 4.78 is 1.84. The lowest BCUT2D eigenvalue weighted by atomic mass is 10.1. The molecule has 106 valence electrons. The van der Waals surface area contributed by atoms with Crippen LogP contribution in [0.4, 0.5) is 0 Å². The fourth-order valence-electron chi connectivity index (χ4n) is 2.53. The van der Waals surface area contributed by atoms with E-state index >= 15 is 0 Å². The Balaban J connectivity index is 2.19. The Labute approximate surface area is 124 Å². The molecular weight excluding hydrogens is 260 g/mol. The lowest BCUT2D eigenvalue weighted by Gasteiger charge is -2.06. The zero-order chi connectivity index (χ0) is 14.8. The quantitative estimate of drug-likeness (QED) is 0.782. The Morgan fingerprint density at radius 1 is 1.05 bits per heavy atom. The third-order valence-electron chi connectivity index (χ3n) is 3.58. The zero-order valence-corrected chi connectivity index (χ0v) is 12.2. The van der Waals surface area contributed by atoms with Crippen molar-refractivity contribution in [1.82, 2.24) is 9.78 Å². The van der Waals surface area contributed by atoms with Crippen molar-refractivity contribution >= 4 is 0 Å². The Hall–Kier alpha value is -2.55. The number of hydrogen-bond acceptors (Lipinski definition) is 2. The van der Waals surface area contributed by atoms with Crippen LogP contribution >= 0.6 is 0 Å². The first-order valence-corrected chi connectivity index (χ1v) is 7.14. The standard InChI is InChI=1S/C18H18N2O/c1-3-16-18(21)17(14-9-5-4-6-10-14)19-20(16)15-11-7-8-13(2)12-15/h4-12,21H,3H2,1-2H3. The van der Waals surface area contributed by atoms with Gasteiger partial charge in [0.15, 0.2) is 5.75 Å². The molecule has 0 unspecified atom stereocenters. The topological polar surface area (TPSA) is 38.1 Å². The normalized spacial score (nSPS) is 10.8. The largest absolute Gasteiger partial charge is 0.504 e. The molecular formula is C18H18N2O. The van der Waals surface area contributed by atoms with Crippen LogP contribution in [0.3, 0.4) is 0 Å². The maximum Gasteiger partial charge on any atom is 0.165 e. The van der Waals surface area contributed by atoms with Gasteiger partial charge in [0.1, 0.15) is 5.69 Å². The molecule has 3 aromatic rings. The van der Waals surface area contributed by atoms with Crippen LogP contribution in [0.1, 0.15) is 18.2 Å². The third-order valence-corrected chi connectivity index (χ3v) is 3.58. The van der Waals surface area contributed by atoms with Crippen molar-refractivity contribution in [3.05, 3.63) is 65.9 Å². The summed E-state index contributed by atoms with van der Waals surface area (Å²) in [5.74, 6) is 0.269. The smallest absolute Gasteiger partial charge is 0.165 e. The highest BCUT2D eigenvalue weighted by Crippen LogP contribution is 2.33. The number of aromatic hydroxyl groups is 1. The third kappa shape index (κ3) is 2.42. The minimum Gasteiger partial charge on any atom is -0.504 e. The van der Waals surface area contributed by atoms with E-state index in [9.17, 15) is 5.11 Å². The lowest BCUT2D eigenvalue weighted by Crippen LogP contribution is -2.01. The Morgan fingerprint density at radius 2 is 1.81 bits per heavy atom. The molecule has 0 fully saturated rings. The van der Waals surface area contributed by atoms with Crippen LogP contribution in [-0.2, 0) is 6.42 Å². The molecule has 0 amide bonds. The second-order valence-corrected chi connectivity index (χ2v) is 5.11. The van der Waals surface area contributed by atoms with Gasteiger partial charge < -0.3 is 5.11 Å². The van der Waals surface area contributed by atoms with Crippen LogP contribution in [0, 0.1) is 6.92 Å². The van der Waals surface area contributed by atoms with Gasteiger partial charge in [-0.1, -0.05) is 49.4 Å². The number of benzene rings is 2. The van der Waals surface area contributed by atoms with E-state index in [4.69, 9.17) is 0 Å². The van der Waals surface area contributed by atoms with E-state index in [1.54, 1.807) is 0 Å². The summed E-state index contributed by atoms with van der Waals surface area (Å²) in [6.45, 7) is 4.08. The predicted molar refractivity (Wildman–Crippen MR) is 84.8 cm³/mol. The molecule has 0 spiro atoms. The number of rotatable bonds is 3. The summed E-state index contributed by atoms with van der Waals surface area (Å²) in [5.41, 5.74) is 4.54. The van der Waals surface area contributed by atoms with Crippen molar-refractivity contribution in [2.75, 3.05) is 0 Å². The van der Waals surface area contributed by atoms with Gasteiger partial charge in [-0.2, -0.15) is 5.10 Å². The first kappa shape index (κ1) is 13.4. The molecule has 0 aliphatic heterocycles. The minimum absolute atomic E-state index is 0.269. The van der Waals surface area contributed by atoms with Crippen molar-refractivity contribution in [3.63, 3.8) is 0 Å². The van der Waals surface area contributed by atoms with Gasteiger partial charge in [-0.15, -0.1) is 0 Å². The summed E-state index contributed by atoms with van der Waals surface area (Å²) in [4.78, 5) is 0. The SMILES string of the molecule is CCc1c(O)c(-c2ccccc2)nn1-c1cccc(C)c1. The maximum atomic E-state index is 10.5. The van der Waals surface area contributed by atoms with Gasteiger partial charge in [0.25, 0.3) is 0 Å². The number of hydrogen-bond donors (Lipinski definition) is 1. The van der Waals surface area contributed by atoms with Crippen molar-refractivity contribution < 1.29 is 5.11 Å². The first-order valence-electron chi connectivity index (χ1n) is 7.14. The summed E-state index contributed by atoms with van der Waals surface area (Å²) in [6, 6.07) is 17.9. The van der Waals surface area contributed by atoms with Gasteiger partial charge in [-0.25, -0.2) is 4.68 Å². The summed E-state index contributed by atoms with van der Waals surface area (Å²) in [6.07, 6.45) is 0.722. The molecule has 0 bridgehead atoms. The van der Waals surface area contributed by atoms with Crippen LogP contribution in [0.5, 0.6) is 5.75 Å². The van der Waals surface area contributed by atoms with Gasteiger partial charge in [0, 0.05) is 5.56 Å². The van der Waals surface area contributed by atoms with E-state index < -0.39 is 0 Å². The van der Waals surface area contributed by atoms with E-state index in [-0.39, 0.29) is 5.75 Å². The monoisotopic (exact) mass is 278 g/mol. The molecule has 0 saturated heterocycles. The molecule has 3 heteroatoms. The van der Waals surface area contributed by atoms with Crippen LogP contribution < -0.4 is 0 Å². The molecule has 1 N–H and O–H groups in total. The van der Waals surface area contributed by atoms with Gasteiger partial charge in [0.2, 0.25) is 0 Å². The Kier molecular flexibility index (Phi) is 3.48. The lowest BCUT2D eigenvalue weighted by molar-refractivity contribution is 0.469. The van der Waals surface area contributed by atoms with Gasteiger partial charge in [0.05, 0.1) is 11.4 Å². The first-order chi connectivity index (χ1) is 10.2. The Morgan fingerprint density at radius 3 is 2.48 bits per heavy atom. The van der Waals surface area contributed by atoms with Gasteiger partial charge in [-0.05, 0) is 31.0 Å². The fraction of sp³-hybridized carbons (Fsp3) is 0.167. The fourth-order valence-corrected chi connectivity index (χ4v) is 2.53. The van der Waals surface area contributed by atoms with Crippen molar-refractivity contribution in [3.8, 4) is 22.7 Å². The molecule has 3 rings (SSSR count). The van der Waals surface area contributed by atoms with Gasteiger partial charge >= 0.3 is 0 Å². The van der Waals surface area contributed by atoms with E-state index in [1.807, 2.05) is 54.1 Å². The zero-order valence-electron chi connectivity index (χ0n) is 12.2. The molecule has 0 aliphatic carbocycles. The van der Waals surface area contributed by atoms with Crippen LogP contribution in [-0.4, -0.2) is 14.9 Å². The average molecular weight is 278 g/mol. The van der Waals surface area contributed by atoms with Crippen LogP contribution in [0.2, 0.25) is 0 Å². The minimum atomic E-state index is 0.269. The molecule has 1 heterocycles. The highest BCUT2D eigenvalue weighted by Gasteiger charge is 2.18. The van der Waals surface area contributed by atoms with E-state index in [2.05, 4.69) is 24.2 Å². The second kappa shape index (κ2) is 5.44. The molecule has 0 aliphatic rings. The Bertz CT molecular complexity index is 760.